The first-order valence-corrected chi connectivity index (χ1v) is 4.72. The van der Waals surface area contributed by atoms with Crippen molar-refractivity contribution in [2.24, 2.45) is 11.0 Å². The fourth-order valence-corrected chi connectivity index (χ4v) is 1.39. The van der Waals surface area contributed by atoms with Gasteiger partial charge in [0.2, 0.25) is 0 Å². The second-order valence-corrected chi connectivity index (χ2v) is 3.48. The second-order valence-electron chi connectivity index (χ2n) is 3.48. The molecule has 82 valence electrons. The smallest absolute Gasteiger partial charge is 0.269 e. The van der Waals surface area contributed by atoms with Gasteiger partial charge < -0.3 is 0 Å². The lowest BCUT2D eigenvalue weighted by molar-refractivity contribution is -0.384. The summed E-state index contributed by atoms with van der Waals surface area (Å²) < 4.78 is 0. The van der Waals surface area contributed by atoms with E-state index in [1.807, 2.05) is 0 Å². The molecule has 16 heavy (non-hydrogen) atoms. The van der Waals surface area contributed by atoms with Gasteiger partial charge in [-0.15, -0.1) is 0 Å². The largest absolute Gasteiger partial charge is 0.272 e. The minimum Gasteiger partial charge on any atom is -0.272 e. The van der Waals surface area contributed by atoms with Crippen molar-refractivity contribution in [3.8, 4) is 0 Å². The number of amides is 1. The number of benzene rings is 1. The molecule has 0 saturated heterocycles. The second kappa shape index (κ2) is 3.73. The summed E-state index contributed by atoms with van der Waals surface area (Å²) >= 11 is 0. The standard InChI is InChI=1S/C10H9N3O3/c1-7-6-11-12(10(7)14)8-2-4-9(5-3-8)13(15)16/h2-7H,1H3. The predicted octanol–water partition coefficient (Wildman–Crippen LogP) is 1.56. The van der Waals surface area contributed by atoms with Crippen LogP contribution >= 0.6 is 0 Å². The van der Waals surface area contributed by atoms with E-state index in [0.29, 0.717) is 5.69 Å². The summed E-state index contributed by atoms with van der Waals surface area (Å²) in [5.41, 5.74) is 0.531. The molecule has 0 aliphatic carbocycles. The summed E-state index contributed by atoms with van der Waals surface area (Å²) in [5.74, 6) is -0.371. The minimum atomic E-state index is -0.485. The summed E-state index contributed by atoms with van der Waals surface area (Å²) in [6.45, 7) is 1.75. The van der Waals surface area contributed by atoms with Crippen LogP contribution in [0.5, 0.6) is 0 Å². The maximum absolute atomic E-state index is 11.6. The van der Waals surface area contributed by atoms with Crippen LogP contribution in [0.1, 0.15) is 6.92 Å². The van der Waals surface area contributed by atoms with Crippen LogP contribution < -0.4 is 5.01 Å². The summed E-state index contributed by atoms with van der Waals surface area (Å²) in [6, 6.07) is 5.71. The first kappa shape index (κ1) is 10.3. The molecule has 0 N–H and O–H groups in total. The van der Waals surface area contributed by atoms with Crippen LogP contribution in [0, 0.1) is 16.0 Å². The third-order valence-electron chi connectivity index (χ3n) is 2.31. The molecule has 6 heteroatoms. The SMILES string of the molecule is CC1C=NN(c2ccc([N+](=O)[O-])cc2)C1=O. The highest BCUT2D eigenvalue weighted by Gasteiger charge is 2.25. The molecule has 1 aromatic rings. The summed E-state index contributed by atoms with van der Waals surface area (Å²) in [4.78, 5) is 21.6. The molecule has 6 nitrogen and oxygen atoms in total. The van der Waals surface area contributed by atoms with Gasteiger partial charge in [-0.1, -0.05) is 0 Å². The van der Waals surface area contributed by atoms with E-state index in [4.69, 9.17) is 0 Å². The van der Waals surface area contributed by atoms with Gasteiger partial charge in [-0.05, 0) is 19.1 Å². The van der Waals surface area contributed by atoms with E-state index in [2.05, 4.69) is 5.10 Å². The number of nitro benzene ring substituents is 1. The third-order valence-corrected chi connectivity index (χ3v) is 2.31. The van der Waals surface area contributed by atoms with E-state index in [1.54, 1.807) is 13.1 Å². The Morgan fingerprint density at radius 3 is 2.44 bits per heavy atom. The van der Waals surface area contributed by atoms with Gasteiger partial charge in [0.05, 0.1) is 16.5 Å². The molecule has 1 heterocycles. The monoisotopic (exact) mass is 219 g/mol. The van der Waals surface area contributed by atoms with Crippen molar-refractivity contribution < 1.29 is 9.72 Å². The topological polar surface area (TPSA) is 75.8 Å². The highest BCUT2D eigenvalue weighted by Crippen LogP contribution is 2.23. The van der Waals surface area contributed by atoms with Crippen molar-refractivity contribution in [2.45, 2.75) is 6.92 Å². The van der Waals surface area contributed by atoms with Gasteiger partial charge in [-0.25, -0.2) is 5.01 Å². The molecule has 1 aliphatic heterocycles. The van der Waals surface area contributed by atoms with Gasteiger partial charge >= 0.3 is 0 Å². The predicted molar refractivity (Wildman–Crippen MR) is 58.2 cm³/mol. The Bertz CT molecular complexity index is 467. The van der Waals surface area contributed by atoms with Crippen LogP contribution in [0.25, 0.3) is 0 Å². The lowest BCUT2D eigenvalue weighted by Gasteiger charge is -2.12. The lowest BCUT2D eigenvalue weighted by atomic mass is 10.2. The molecule has 1 amide bonds. The van der Waals surface area contributed by atoms with Crippen molar-refractivity contribution in [2.75, 3.05) is 5.01 Å². The molecule has 0 spiro atoms. The highest BCUT2D eigenvalue weighted by molar-refractivity contribution is 6.07. The quantitative estimate of drug-likeness (QED) is 0.559. The van der Waals surface area contributed by atoms with Crippen molar-refractivity contribution >= 4 is 23.5 Å². The number of anilines is 1. The van der Waals surface area contributed by atoms with Gasteiger partial charge in [-0.2, -0.15) is 5.10 Å². The van der Waals surface area contributed by atoms with E-state index < -0.39 is 4.92 Å². The van der Waals surface area contributed by atoms with Crippen molar-refractivity contribution in [3.63, 3.8) is 0 Å². The number of hydrazone groups is 1. The van der Waals surface area contributed by atoms with Crippen LogP contribution in [0.15, 0.2) is 29.4 Å². The molecule has 1 atom stereocenters. The fraction of sp³-hybridized carbons (Fsp3) is 0.200. The molecule has 0 saturated carbocycles. The maximum atomic E-state index is 11.6. The van der Waals surface area contributed by atoms with Crippen molar-refractivity contribution in [1.29, 1.82) is 0 Å². The molecule has 2 rings (SSSR count). The van der Waals surface area contributed by atoms with Crippen LogP contribution in [0.3, 0.4) is 0 Å². The molecule has 1 unspecified atom stereocenters. The van der Waals surface area contributed by atoms with Crippen molar-refractivity contribution in [3.05, 3.63) is 34.4 Å². The molecule has 0 radical (unpaired) electrons. The van der Waals surface area contributed by atoms with Crippen LogP contribution in [-0.4, -0.2) is 17.0 Å². The van der Waals surface area contributed by atoms with Gasteiger partial charge in [0.1, 0.15) is 0 Å². The van der Waals surface area contributed by atoms with E-state index in [0.717, 1.165) is 0 Å². The molecule has 1 aliphatic rings. The number of non-ortho nitro benzene ring substituents is 1. The first-order chi connectivity index (χ1) is 7.59. The Kier molecular flexibility index (Phi) is 2.40. The normalized spacial score (nSPS) is 19.2. The number of rotatable bonds is 2. The number of nitrogens with zero attached hydrogens (tertiary/aromatic N) is 3. The molecular weight excluding hydrogens is 210 g/mol. The van der Waals surface area contributed by atoms with E-state index in [-0.39, 0.29) is 17.5 Å². The molecular formula is C10H9N3O3. The average Bonchev–Trinajstić information content (AvgIpc) is 2.60. The Morgan fingerprint density at radius 1 is 1.38 bits per heavy atom. The number of nitro groups is 1. The van der Waals surface area contributed by atoms with E-state index in [9.17, 15) is 14.9 Å². The zero-order valence-corrected chi connectivity index (χ0v) is 8.53. The average molecular weight is 219 g/mol. The molecule has 0 fully saturated rings. The minimum absolute atomic E-state index is 0.00701. The van der Waals surface area contributed by atoms with Gasteiger partial charge in [0.25, 0.3) is 11.6 Å². The van der Waals surface area contributed by atoms with Gasteiger partial charge in [0.15, 0.2) is 0 Å². The third kappa shape index (κ3) is 1.65. The summed E-state index contributed by atoms with van der Waals surface area (Å²) in [7, 11) is 0. The Labute approximate surface area is 91.3 Å². The fourth-order valence-electron chi connectivity index (χ4n) is 1.39. The van der Waals surface area contributed by atoms with Gasteiger partial charge in [0, 0.05) is 18.3 Å². The zero-order chi connectivity index (χ0) is 11.7. The molecule has 1 aromatic carbocycles. The summed E-state index contributed by atoms with van der Waals surface area (Å²) in [5, 5.41) is 15.6. The number of carbonyl (C=O) groups is 1. The Hall–Kier alpha value is -2.24. The van der Waals surface area contributed by atoms with Crippen LogP contribution in [0.2, 0.25) is 0 Å². The Balaban J connectivity index is 2.26. The number of carbonyl (C=O) groups excluding carboxylic acids is 1. The highest BCUT2D eigenvalue weighted by atomic mass is 16.6. The number of hydrogen-bond acceptors (Lipinski definition) is 4. The zero-order valence-electron chi connectivity index (χ0n) is 8.53. The Morgan fingerprint density at radius 2 is 2.00 bits per heavy atom. The maximum Gasteiger partial charge on any atom is 0.269 e. The van der Waals surface area contributed by atoms with Crippen LogP contribution in [-0.2, 0) is 4.79 Å². The lowest BCUT2D eigenvalue weighted by Crippen LogP contribution is -2.24. The van der Waals surface area contributed by atoms with Gasteiger partial charge in [-0.3, -0.25) is 14.9 Å². The number of hydrogen-bond donors (Lipinski definition) is 0. The summed E-state index contributed by atoms with van der Waals surface area (Å²) in [6.07, 6.45) is 1.55. The van der Waals surface area contributed by atoms with Crippen LogP contribution in [0.4, 0.5) is 11.4 Å². The molecule has 0 bridgehead atoms. The first-order valence-electron chi connectivity index (χ1n) is 4.72. The van der Waals surface area contributed by atoms with Crippen molar-refractivity contribution in [1.82, 2.24) is 0 Å². The van der Waals surface area contributed by atoms with E-state index >= 15 is 0 Å². The van der Waals surface area contributed by atoms with E-state index in [1.165, 1.54) is 29.3 Å². The molecule has 0 aromatic heterocycles.